The minimum atomic E-state index is -3.84. The SMILES string of the molecule is COc1ccc(Cl)cc1S(=O)(=O)NC[C@@H](OCCO)c1ccsc1. The lowest BCUT2D eigenvalue weighted by molar-refractivity contribution is 0.0311. The Bertz CT molecular complexity index is 749. The van der Waals surface area contributed by atoms with E-state index < -0.39 is 16.1 Å². The van der Waals surface area contributed by atoms with Crippen molar-refractivity contribution in [2.75, 3.05) is 26.9 Å². The van der Waals surface area contributed by atoms with Crippen LogP contribution in [-0.4, -0.2) is 40.4 Å². The highest BCUT2D eigenvalue weighted by Gasteiger charge is 2.22. The summed E-state index contributed by atoms with van der Waals surface area (Å²) < 4.78 is 38.2. The first-order valence-electron chi connectivity index (χ1n) is 7.05. The lowest BCUT2D eigenvalue weighted by Crippen LogP contribution is -2.30. The molecular weight excluding hydrogens is 374 g/mol. The maximum Gasteiger partial charge on any atom is 0.244 e. The number of ether oxygens (including phenoxy) is 2. The number of methoxy groups -OCH3 is 1. The lowest BCUT2D eigenvalue weighted by atomic mass is 10.2. The van der Waals surface area contributed by atoms with Crippen molar-refractivity contribution in [3.63, 3.8) is 0 Å². The number of hydrogen-bond acceptors (Lipinski definition) is 6. The smallest absolute Gasteiger partial charge is 0.244 e. The fraction of sp³-hybridized carbons (Fsp3) is 0.333. The molecule has 0 spiro atoms. The number of aliphatic hydroxyl groups excluding tert-OH is 1. The third kappa shape index (κ3) is 4.92. The summed E-state index contributed by atoms with van der Waals surface area (Å²) in [5.74, 6) is 0.204. The monoisotopic (exact) mass is 391 g/mol. The van der Waals surface area contributed by atoms with Crippen LogP contribution in [-0.2, 0) is 14.8 Å². The molecule has 2 rings (SSSR count). The highest BCUT2D eigenvalue weighted by molar-refractivity contribution is 7.89. The zero-order chi connectivity index (χ0) is 17.6. The highest BCUT2D eigenvalue weighted by Crippen LogP contribution is 2.27. The lowest BCUT2D eigenvalue weighted by Gasteiger charge is -2.18. The van der Waals surface area contributed by atoms with Gasteiger partial charge in [0.1, 0.15) is 10.6 Å². The number of benzene rings is 1. The molecule has 2 aromatic rings. The predicted octanol–water partition coefficient (Wildman–Crippen LogP) is 2.44. The van der Waals surface area contributed by atoms with E-state index in [2.05, 4.69) is 4.72 Å². The zero-order valence-corrected chi connectivity index (χ0v) is 15.3. The van der Waals surface area contributed by atoms with Gasteiger partial charge in [0.05, 0.1) is 26.4 Å². The van der Waals surface area contributed by atoms with Crippen molar-refractivity contribution >= 4 is 33.0 Å². The molecule has 1 aromatic heterocycles. The molecule has 24 heavy (non-hydrogen) atoms. The minimum absolute atomic E-state index is 0.0226. The summed E-state index contributed by atoms with van der Waals surface area (Å²) in [6.07, 6.45) is -0.497. The standard InChI is InChI=1S/C15H18ClNO5S2/c1-21-13-3-2-12(16)8-15(13)24(19,20)17-9-14(22-6-5-18)11-4-7-23-10-11/h2-4,7-8,10,14,17-18H,5-6,9H2,1H3/t14-/m1/s1. The number of hydrogen-bond donors (Lipinski definition) is 2. The number of aliphatic hydroxyl groups is 1. The van der Waals surface area contributed by atoms with Crippen molar-refractivity contribution in [1.82, 2.24) is 4.72 Å². The average Bonchev–Trinajstić information content (AvgIpc) is 3.09. The minimum Gasteiger partial charge on any atom is -0.495 e. The van der Waals surface area contributed by atoms with Crippen molar-refractivity contribution in [2.45, 2.75) is 11.0 Å². The second kappa shape index (κ2) is 8.80. The molecule has 0 saturated carbocycles. The fourth-order valence-corrected chi connectivity index (χ4v) is 4.21. The number of nitrogens with one attached hydrogen (secondary N) is 1. The molecule has 0 aliphatic rings. The second-order valence-electron chi connectivity index (χ2n) is 4.79. The van der Waals surface area contributed by atoms with Crippen molar-refractivity contribution in [2.24, 2.45) is 0 Å². The first kappa shape index (κ1) is 19.2. The third-order valence-corrected chi connectivity index (χ3v) is 5.58. The molecule has 0 bridgehead atoms. The Morgan fingerprint density at radius 2 is 2.17 bits per heavy atom. The van der Waals surface area contributed by atoms with Crippen molar-refractivity contribution in [3.05, 3.63) is 45.6 Å². The van der Waals surface area contributed by atoms with Crippen LogP contribution in [0.15, 0.2) is 39.9 Å². The number of rotatable bonds is 9. The van der Waals surface area contributed by atoms with E-state index in [-0.39, 0.29) is 30.4 Å². The number of sulfonamides is 1. The molecule has 0 radical (unpaired) electrons. The van der Waals surface area contributed by atoms with Crippen molar-refractivity contribution < 1.29 is 23.0 Å². The maximum atomic E-state index is 12.6. The summed E-state index contributed by atoms with van der Waals surface area (Å²) in [5, 5.41) is 13.0. The summed E-state index contributed by atoms with van der Waals surface area (Å²) in [7, 11) is -2.45. The Kier molecular flexibility index (Phi) is 7.02. The van der Waals surface area contributed by atoms with Gasteiger partial charge in [-0.15, -0.1) is 0 Å². The number of halogens is 1. The zero-order valence-electron chi connectivity index (χ0n) is 12.9. The quantitative estimate of drug-likeness (QED) is 0.685. The Morgan fingerprint density at radius 3 is 2.79 bits per heavy atom. The van der Waals surface area contributed by atoms with Gasteiger partial charge >= 0.3 is 0 Å². The largest absolute Gasteiger partial charge is 0.495 e. The van der Waals surface area contributed by atoms with E-state index in [1.54, 1.807) is 6.07 Å². The van der Waals surface area contributed by atoms with Crippen molar-refractivity contribution in [3.8, 4) is 5.75 Å². The fourth-order valence-electron chi connectivity index (χ4n) is 2.05. The van der Waals surface area contributed by atoms with Crippen LogP contribution in [0.25, 0.3) is 0 Å². The molecule has 1 aromatic carbocycles. The molecule has 0 unspecified atom stereocenters. The van der Waals surface area contributed by atoms with Crippen LogP contribution in [0.5, 0.6) is 5.75 Å². The van der Waals surface area contributed by atoms with Crippen LogP contribution in [0.4, 0.5) is 0 Å². The van der Waals surface area contributed by atoms with E-state index in [9.17, 15) is 8.42 Å². The van der Waals surface area contributed by atoms with Gasteiger partial charge in [0.15, 0.2) is 0 Å². The Morgan fingerprint density at radius 1 is 1.38 bits per heavy atom. The van der Waals surface area contributed by atoms with Gasteiger partial charge in [-0.3, -0.25) is 0 Å². The molecule has 9 heteroatoms. The van der Waals surface area contributed by atoms with E-state index in [4.69, 9.17) is 26.2 Å². The van der Waals surface area contributed by atoms with Crippen LogP contribution in [0.1, 0.15) is 11.7 Å². The summed E-state index contributed by atoms with van der Waals surface area (Å²) in [5.41, 5.74) is 0.842. The molecular formula is C15H18ClNO5S2. The normalized spacial score (nSPS) is 13.0. The van der Waals surface area contributed by atoms with Crippen LogP contribution in [0.2, 0.25) is 5.02 Å². The van der Waals surface area contributed by atoms with Crippen LogP contribution in [0.3, 0.4) is 0 Å². The van der Waals surface area contributed by atoms with E-state index >= 15 is 0 Å². The maximum absolute atomic E-state index is 12.6. The molecule has 0 fully saturated rings. The Balaban J connectivity index is 2.17. The van der Waals surface area contributed by atoms with Gasteiger partial charge in [-0.05, 0) is 40.6 Å². The topological polar surface area (TPSA) is 84.9 Å². The van der Waals surface area contributed by atoms with Gasteiger partial charge in [0.2, 0.25) is 10.0 Å². The highest BCUT2D eigenvalue weighted by atomic mass is 35.5. The molecule has 6 nitrogen and oxygen atoms in total. The van der Waals surface area contributed by atoms with Gasteiger partial charge in [-0.1, -0.05) is 11.6 Å². The number of thiophene rings is 1. The summed E-state index contributed by atoms with van der Waals surface area (Å²) in [6.45, 7) is -0.00698. The van der Waals surface area contributed by atoms with Gasteiger partial charge in [0, 0.05) is 11.6 Å². The molecule has 1 heterocycles. The first-order chi connectivity index (χ1) is 11.5. The molecule has 132 valence electrons. The van der Waals surface area contributed by atoms with Gasteiger partial charge in [-0.25, -0.2) is 13.1 Å². The van der Waals surface area contributed by atoms with E-state index in [1.165, 1.54) is 30.6 Å². The van der Waals surface area contributed by atoms with E-state index in [0.717, 1.165) is 5.56 Å². The summed E-state index contributed by atoms with van der Waals surface area (Å²) in [6, 6.07) is 6.23. The van der Waals surface area contributed by atoms with Crippen LogP contribution in [0, 0.1) is 0 Å². The van der Waals surface area contributed by atoms with Gasteiger partial charge < -0.3 is 14.6 Å². The van der Waals surface area contributed by atoms with Crippen LogP contribution >= 0.6 is 22.9 Å². The predicted molar refractivity (Wildman–Crippen MR) is 93.3 cm³/mol. The molecule has 0 aliphatic carbocycles. The molecule has 0 saturated heterocycles. The average molecular weight is 392 g/mol. The first-order valence-corrected chi connectivity index (χ1v) is 9.86. The Hall–Kier alpha value is -1.16. The van der Waals surface area contributed by atoms with Crippen LogP contribution < -0.4 is 9.46 Å². The van der Waals surface area contributed by atoms with Gasteiger partial charge in [-0.2, -0.15) is 11.3 Å². The molecule has 0 amide bonds. The molecule has 1 atom stereocenters. The molecule has 0 aliphatic heterocycles. The van der Waals surface area contributed by atoms with Gasteiger partial charge in [0.25, 0.3) is 0 Å². The van der Waals surface area contributed by atoms with E-state index in [0.29, 0.717) is 5.02 Å². The second-order valence-corrected chi connectivity index (χ2v) is 7.74. The Labute approximate surface area is 150 Å². The summed E-state index contributed by atoms with van der Waals surface area (Å²) in [4.78, 5) is -0.0382. The molecule has 2 N–H and O–H groups in total. The van der Waals surface area contributed by atoms with Crippen molar-refractivity contribution in [1.29, 1.82) is 0 Å². The summed E-state index contributed by atoms with van der Waals surface area (Å²) >= 11 is 7.38. The third-order valence-electron chi connectivity index (χ3n) is 3.20. The van der Waals surface area contributed by atoms with E-state index in [1.807, 2.05) is 16.8 Å².